The topological polar surface area (TPSA) is 147 Å². The smallest absolute Gasteiger partial charge is 0.337 e. The Balaban J connectivity index is 2.73. The van der Waals surface area contributed by atoms with Crippen LogP contribution in [0.15, 0.2) is 42.5 Å². The molecule has 2 rings (SSSR count). The molecule has 0 fully saturated rings. The molecule has 0 saturated carbocycles. The van der Waals surface area contributed by atoms with Crippen LogP contribution in [-0.4, -0.2) is 24.6 Å². The number of anilines is 3. The van der Waals surface area contributed by atoms with Gasteiger partial charge in [0.25, 0.3) is 0 Å². The summed E-state index contributed by atoms with van der Waals surface area (Å²) in [6.07, 6.45) is 0. The average Bonchev–Trinajstić information content (AvgIpc) is 2.42. The molecule has 2 aromatic rings. The van der Waals surface area contributed by atoms with Gasteiger partial charge in [-0.1, -0.05) is 12.1 Å². The molecule has 0 aliphatic heterocycles. The van der Waals surface area contributed by atoms with Gasteiger partial charge >= 0.3 is 16.2 Å². The van der Waals surface area contributed by atoms with Gasteiger partial charge in [-0.3, -0.25) is 0 Å². The number of hydrogen-bond donors (Lipinski definition) is 4. The monoisotopic (exact) mass is 323 g/mol. The molecular weight excluding hydrogens is 310 g/mol. The van der Waals surface area contributed by atoms with E-state index < -0.39 is 16.2 Å². The fourth-order valence-corrected chi connectivity index (χ4v) is 2.76. The zero-order chi connectivity index (χ0) is 16.5. The van der Waals surface area contributed by atoms with Gasteiger partial charge in [0.15, 0.2) is 0 Å². The molecule has 0 bridgehead atoms. The number of nitrogens with two attached hydrogens (primary N) is 2. The molecule has 6 N–H and O–H groups in total. The minimum atomic E-state index is -4.32. The Labute approximate surface area is 126 Å². The van der Waals surface area contributed by atoms with Crippen LogP contribution in [0.2, 0.25) is 0 Å². The summed E-state index contributed by atoms with van der Waals surface area (Å²) in [6, 6.07) is 9.11. The molecule has 0 spiro atoms. The van der Waals surface area contributed by atoms with Crippen molar-refractivity contribution in [2.45, 2.75) is 0 Å². The van der Waals surface area contributed by atoms with Crippen molar-refractivity contribution in [3.05, 3.63) is 48.0 Å². The maximum atomic E-state index is 11.9. The number of aromatic carboxylic acids is 1. The predicted octanol–water partition coefficient (Wildman–Crippen LogP) is 1.01. The summed E-state index contributed by atoms with van der Waals surface area (Å²) in [5, 5.41) is 23.8. The molecule has 0 atom stereocenters. The van der Waals surface area contributed by atoms with Gasteiger partial charge in [-0.25, -0.2) is 14.2 Å². The van der Waals surface area contributed by atoms with Gasteiger partial charge in [-0.15, -0.1) is 0 Å². The number of benzene rings is 2. The number of phenols is 1. The molecule has 0 radical (unpaired) electrons. The number of hydrogen-bond acceptors (Lipinski definition) is 5. The van der Waals surface area contributed by atoms with Crippen LogP contribution in [0.5, 0.6) is 5.75 Å². The number of carbonyl (C=O) groups is 1. The SMILES string of the molecule is Nc1cc(N(c2ccccc2C(=O)O)S(N)(=O)=O)ccc1O. The number of nitrogen functional groups attached to an aromatic ring is 1. The van der Waals surface area contributed by atoms with E-state index in [2.05, 4.69) is 0 Å². The van der Waals surface area contributed by atoms with E-state index in [0.717, 1.165) is 0 Å². The number of phenolic OH excluding ortho intramolecular Hbond substituents is 1. The molecule has 0 aliphatic carbocycles. The first kappa shape index (κ1) is 15.6. The number of aromatic hydroxyl groups is 1. The molecule has 0 aliphatic rings. The van der Waals surface area contributed by atoms with E-state index in [1.807, 2.05) is 0 Å². The van der Waals surface area contributed by atoms with Gasteiger partial charge in [0, 0.05) is 0 Å². The second kappa shape index (κ2) is 5.54. The van der Waals surface area contributed by atoms with Gasteiger partial charge in [0.1, 0.15) is 5.75 Å². The maximum absolute atomic E-state index is 11.9. The highest BCUT2D eigenvalue weighted by atomic mass is 32.2. The van der Waals surface area contributed by atoms with Crippen LogP contribution in [0.3, 0.4) is 0 Å². The van der Waals surface area contributed by atoms with Gasteiger partial charge in [-0.05, 0) is 30.3 Å². The highest BCUT2D eigenvalue weighted by Gasteiger charge is 2.25. The van der Waals surface area contributed by atoms with E-state index in [-0.39, 0.29) is 28.4 Å². The molecule has 9 heteroatoms. The van der Waals surface area contributed by atoms with Crippen LogP contribution < -0.4 is 15.2 Å². The molecule has 0 aromatic heterocycles. The van der Waals surface area contributed by atoms with Crippen LogP contribution in [-0.2, 0) is 10.2 Å². The third-order valence-electron chi connectivity index (χ3n) is 2.85. The Morgan fingerprint density at radius 1 is 1.14 bits per heavy atom. The second-order valence-electron chi connectivity index (χ2n) is 4.37. The molecule has 22 heavy (non-hydrogen) atoms. The van der Waals surface area contributed by atoms with E-state index in [0.29, 0.717) is 4.31 Å². The Morgan fingerprint density at radius 2 is 1.77 bits per heavy atom. The third-order valence-corrected chi connectivity index (χ3v) is 3.77. The summed E-state index contributed by atoms with van der Waals surface area (Å²) in [7, 11) is -4.32. The van der Waals surface area contributed by atoms with Crippen LogP contribution in [0.1, 0.15) is 10.4 Å². The largest absolute Gasteiger partial charge is 0.506 e. The van der Waals surface area contributed by atoms with Crippen LogP contribution in [0.25, 0.3) is 0 Å². The highest BCUT2D eigenvalue weighted by Crippen LogP contribution is 2.34. The zero-order valence-electron chi connectivity index (χ0n) is 11.2. The molecular formula is C13H13N3O5S. The molecule has 116 valence electrons. The molecule has 2 aromatic carbocycles. The lowest BCUT2D eigenvalue weighted by Crippen LogP contribution is -2.33. The first-order chi connectivity index (χ1) is 10.2. The number of carboxylic acids is 1. The normalized spacial score (nSPS) is 11.1. The summed E-state index contributed by atoms with van der Waals surface area (Å²) in [6.45, 7) is 0. The number of para-hydroxylation sites is 1. The third kappa shape index (κ3) is 2.95. The van der Waals surface area contributed by atoms with Crippen LogP contribution >= 0.6 is 0 Å². The fourth-order valence-electron chi connectivity index (χ4n) is 1.92. The lowest BCUT2D eigenvalue weighted by molar-refractivity contribution is 0.0698. The highest BCUT2D eigenvalue weighted by molar-refractivity contribution is 7.90. The van der Waals surface area contributed by atoms with Gasteiger partial charge in [0.2, 0.25) is 0 Å². The van der Waals surface area contributed by atoms with E-state index in [9.17, 15) is 23.4 Å². The van der Waals surface area contributed by atoms with E-state index in [4.69, 9.17) is 10.9 Å². The van der Waals surface area contributed by atoms with Crippen LogP contribution in [0, 0.1) is 0 Å². The van der Waals surface area contributed by atoms with Gasteiger partial charge in [-0.2, -0.15) is 8.42 Å². The summed E-state index contributed by atoms with van der Waals surface area (Å²) >= 11 is 0. The summed E-state index contributed by atoms with van der Waals surface area (Å²) in [5.74, 6) is -1.54. The first-order valence-electron chi connectivity index (χ1n) is 5.95. The summed E-state index contributed by atoms with van der Waals surface area (Å²) < 4.78 is 24.5. The molecule has 0 unspecified atom stereocenters. The van der Waals surface area contributed by atoms with Crippen molar-refractivity contribution in [2.75, 3.05) is 10.0 Å². The van der Waals surface area contributed by atoms with Crippen molar-refractivity contribution >= 4 is 33.2 Å². The standard InChI is InChI=1S/C13H13N3O5S/c14-10-7-8(5-6-12(10)17)16(22(15,20)21)11-4-2-1-3-9(11)13(18)19/h1-7,17H,14H2,(H,18,19)(H2,15,20,21). The quantitative estimate of drug-likeness (QED) is 0.488. The number of nitrogens with zero attached hydrogens (tertiary/aromatic N) is 1. The Morgan fingerprint density at radius 3 is 2.32 bits per heavy atom. The van der Waals surface area contributed by atoms with Crippen molar-refractivity contribution in [1.82, 2.24) is 0 Å². The van der Waals surface area contributed by atoms with E-state index in [1.165, 1.54) is 42.5 Å². The van der Waals surface area contributed by atoms with Crippen molar-refractivity contribution < 1.29 is 23.4 Å². The van der Waals surface area contributed by atoms with Gasteiger partial charge < -0.3 is 15.9 Å². The lowest BCUT2D eigenvalue weighted by Gasteiger charge is -2.23. The van der Waals surface area contributed by atoms with Gasteiger partial charge in [0.05, 0.1) is 22.6 Å². The second-order valence-corrected chi connectivity index (χ2v) is 5.77. The van der Waals surface area contributed by atoms with Crippen molar-refractivity contribution in [3.8, 4) is 5.75 Å². The fraction of sp³-hybridized carbons (Fsp3) is 0. The minimum Gasteiger partial charge on any atom is -0.506 e. The Bertz CT molecular complexity index is 835. The first-order valence-corrected chi connectivity index (χ1v) is 7.46. The number of rotatable bonds is 4. The molecule has 0 amide bonds. The Hall–Kier alpha value is -2.78. The lowest BCUT2D eigenvalue weighted by atomic mass is 10.1. The van der Waals surface area contributed by atoms with Crippen LogP contribution in [0.4, 0.5) is 17.1 Å². The molecule has 0 saturated heterocycles. The number of carboxylic acid groups (broad SMARTS) is 1. The van der Waals surface area contributed by atoms with E-state index >= 15 is 0 Å². The van der Waals surface area contributed by atoms with Crippen molar-refractivity contribution in [3.63, 3.8) is 0 Å². The zero-order valence-corrected chi connectivity index (χ0v) is 12.0. The Kier molecular flexibility index (Phi) is 3.93. The predicted molar refractivity (Wildman–Crippen MR) is 81.2 cm³/mol. The van der Waals surface area contributed by atoms with Crippen molar-refractivity contribution in [1.29, 1.82) is 0 Å². The summed E-state index contributed by atoms with van der Waals surface area (Å²) in [4.78, 5) is 11.3. The maximum Gasteiger partial charge on any atom is 0.337 e. The minimum absolute atomic E-state index is 0.00602. The molecule has 0 heterocycles. The average molecular weight is 323 g/mol. The van der Waals surface area contributed by atoms with Crippen molar-refractivity contribution in [2.24, 2.45) is 5.14 Å². The summed E-state index contributed by atoms with van der Waals surface area (Å²) in [5.41, 5.74) is 5.10. The molecule has 8 nitrogen and oxygen atoms in total. The van der Waals surface area contributed by atoms with E-state index in [1.54, 1.807) is 0 Å².